The molecule has 0 atom stereocenters. The van der Waals surface area contributed by atoms with E-state index in [0.29, 0.717) is 0 Å². The Bertz CT molecular complexity index is 347. The maximum atomic E-state index is 6.12. The van der Waals surface area contributed by atoms with Crippen LogP contribution in [0.3, 0.4) is 0 Å². The maximum Gasteiger partial charge on any atom is 0.0471 e. The molecule has 1 aromatic carbocycles. The number of nitrogens with two attached hydrogens (primary N) is 1. The molecule has 0 aliphatic heterocycles. The van der Waals surface area contributed by atoms with E-state index in [1.807, 2.05) is 18.2 Å². The Morgan fingerprint density at radius 1 is 1.47 bits per heavy atom. The normalized spacial score (nSPS) is 15.9. The van der Waals surface area contributed by atoms with Gasteiger partial charge in [0.05, 0.1) is 0 Å². The summed E-state index contributed by atoms with van der Waals surface area (Å²) >= 11 is 6.12. The first-order valence-corrected chi connectivity index (χ1v) is 5.75. The highest BCUT2D eigenvalue weighted by atomic mass is 35.5. The minimum atomic E-state index is 0.730. The van der Waals surface area contributed by atoms with E-state index in [2.05, 4.69) is 11.9 Å². The molecule has 1 fully saturated rings. The zero-order valence-electron chi connectivity index (χ0n) is 9.04. The minimum Gasteiger partial charge on any atom is -0.399 e. The number of hydrogen-bond acceptors (Lipinski definition) is 2. The van der Waals surface area contributed by atoms with Gasteiger partial charge in [0.15, 0.2) is 0 Å². The first kappa shape index (κ1) is 10.8. The van der Waals surface area contributed by atoms with Crippen molar-refractivity contribution in [2.45, 2.75) is 19.4 Å². The first-order chi connectivity index (χ1) is 7.15. The van der Waals surface area contributed by atoms with E-state index < -0.39 is 0 Å². The molecule has 2 rings (SSSR count). The van der Waals surface area contributed by atoms with Crippen molar-refractivity contribution in [3.63, 3.8) is 0 Å². The number of benzene rings is 1. The molecule has 0 saturated heterocycles. The second-order valence-corrected chi connectivity index (χ2v) is 4.90. The van der Waals surface area contributed by atoms with E-state index >= 15 is 0 Å². The van der Waals surface area contributed by atoms with Gasteiger partial charge in [-0.25, -0.2) is 0 Å². The van der Waals surface area contributed by atoms with Crippen molar-refractivity contribution in [1.82, 2.24) is 4.90 Å². The van der Waals surface area contributed by atoms with Gasteiger partial charge in [-0.1, -0.05) is 17.7 Å². The van der Waals surface area contributed by atoms with Crippen LogP contribution in [0.15, 0.2) is 18.2 Å². The predicted octanol–water partition coefficient (Wildman–Crippen LogP) is 2.76. The van der Waals surface area contributed by atoms with Crippen LogP contribution >= 0.6 is 11.6 Å². The highest BCUT2D eigenvalue weighted by Crippen LogP contribution is 2.30. The van der Waals surface area contributed by atoms with E-state index in [-0.39, 0.29) is 0 Å². The van der Waals surface area contributed by atoms with Crippen LogP contribution in [0.4, 0.5) is 5.69 Å². The third kappa shape index (κ3) is 3.11. The van der Waals surface area contributed by atoms with Gasteiger partial charge in [0, 0.05) is 23.8 Å². The number of nitrogen functional groups attached to an aromatic ring is 1. The Labute approximate surface area is 96.0 Å². The molecule has 82 valence electrons. The second-order valence-electron chi connectivity index (χ2n) is 4.49. The monoisotopic (exact) mass is 224 g/mol. The topological polar surface area (TPSA) is 29.3 Å². The standard InChI is InChI=1S/C12H17ClN2/c1-15(7-9-2-3-9)8-10-4-5-11(14)6-12(10)13/h4-6,9H,2-3,7-8,14H2,1H3. The largest absolute Gasteiger partial charge is 0.399 e. The fraction of sp³-hybridized carbons (Fsp3) is 0.500. The Balaban J connectivity index is 1.96. The fourth-order valence-corrected chi connectivity index (χ4v) is 2.04. The summed E-state index contributed by atoms with van der Waals surface area (Å²) in [5, 5.41) is 0.776. The highest BCUT2D eigenvalue weighted by Gasteiger charge is 2.22. The average molecular weight is 225 g/mol. The number of halogens is 1. The van der Waals surface area contributed by atoms with Gasteiger partial charge < -0.3 is 10.6 Å². The zero-order valence-corrected chi connectivity index (χ0v) is 9.80. The molecule has 0 radical (unpaired) electrons. The van der Waals surface area contributed by atoms with Crippen molar-refractivity contribution in [2.24, 2.45) is 5.92 Å². The molecular weight excluding hydrogens is 208 g/mol. The molecule has 2 N–H and O–H groups in total. The summed E-state index contributed by atoms with van der Waals surface area (Å²) in [4.78, 5) is 2.33. The van der Waals surface area contributed by atoms with Crippen LogP contribution in [0, 0.1) is 5.92 Å². The molecule has 3 heteroatoms. The molecule has 0 heterocycles. The van der Waals surface area contributed by atoms with Crippen LogP contribution < -0.4 is 5.73 Å². The molecule has 15 heavy (non-hydrogen) atoms. The number of rotatable bonds is 4. The lowest BCUT2D eigenvalue weighted by Gasteiger charge is -2.17. The molecule has 0 amide bonds. The van der Waals surface area contributed by atoms with Crippen LogP contribution in [0.25, 0.3) is 0 Å². The summed E-state index contributed by atoms with van der Waals surface area (Å²) in [6.45, 7) is 2.09. The molecule has 0 spiro atoms. The number of hydrogen-bond donors (Lipinski definition) is 1. The smallest absolute Gasteiger partial charge is 0.0471 e. The Hall–Kier alpha value is -0.730. The lowest BCUT2D eigenvalue weighted by Crippen LogP contribution is -2.20. The van der Waals surface area contributed by atoms with Gasteiger partial charge in [-0.2, -0.15) is 0 Å². The van der Waals surface area contributed by atoms with Gasteiger partial charge in [-0.05, 0) is 43.5 Å². The minimum absolute atomic E-state index is 0.730. The SMILES string of the molecule is CN(Cc1ccc(N)cc1Cl)CC1CC1. The van der Waals surface area contributed by atoms with Gasteiger partial charge in [0.2, 0.25) is 0 Å². The molecule has 1 aromatic rings. The molecular formula is C12H17ClN2. The maximum absolute atomic E-state index is 6.12. The summed E-state index contributed by atoms with van der Waals surface area (Å²) in [6, 6.07) is 5.75. The summed E-state index contributed by atoms with van der Waals surface area (Å²) in [5.74, 6) is 0.919. The summed E-state index contributed by atoms with van der Waals surface area (Å²) in [5.41, 5.74) is 7.54. The molecule has 0 bridgehead atoms. The predicted molar refractivity (Wildman–Crippen MR) is 64.9 cm³/mol. The van der Waals surface area contributed by atoms with Gasteiger partial charge in [0.25, 0.3) is 0 Å². The first-order valence-electron chi connectivity index (χ1n) is 5.37. The quantitative estimate of drug-likeness (QED) is 0.797. The average Bonchev–Trinajstić information content (AvgIpc) is 2.94. The van der Waals surface area contributed by atoms with E-state index in [1.54, 1.807) is 0 Å². The number of nitrogens with zero attached hydrogens (tertiary/aromatic N) is 1. The summed E-state index contributed by atoms with van der Waals surface area (Å²) in [7, 11) is 2.14. The molecule has 1 saturated carbocycles. The van der Waals surface area contributed by atoms with Crippen molar-refractivity contribution in [3.05, 3.63) is 28.8 Å². The van der Waals surface area contributed by atoms with Crippen molar-refractivity contribution in [2.75, 3.05) is 19.3 Å². The van der Waals surface area contributed by atoms with Crippen molar-refractivity contribution in [1.29, 1.82) is 0 Å². The molecule has 0 aromatic heterocycles. The van der Waals surface area contributed by atoms with E-state index in [1.165, 1.54) is 19.4 Å². The van der Waals surface area contributed by atoms with Crippen molar-refractivity contribution in [3.8, 4) is 0 Å². The van der Waals surface area contributed by atoms with Crippen molar-refractivity contribution >= 4 is 17.3 Å². The molecule has 1 aliphatic carbocycles. The Morgan fingerprint density at radius 3 is 2.80 bits per heavy atom. The molecule has 0 unspecified atom stereocenters. The van der Waals surface area contributed by atoms with Crippen molar-refractivity contribution < 1.29 is 0 Å². The van der Waals surface area contributed by atoms with Crippen LogP contribution in [-0.4, -0.2) is 18.5 Å². The number of anilines is 1. The van der Waals surface area contributed by atoms with E-state index in [9.17, 15) is 0 Å². The third-order valence-corrected chi connectivity index (χ3v) is 3.14. The zero-order chi connectivity index (χ0) is 10.8. The van der Waals surface area contributed by atoms with Gasteiger partial charge in [-0.15, -0.1) is 0 Å². The summed E-state index contributed by atoms with van der Waals surface area (Å²) in [6.07, 6.45) is 2.78. The van der Waals surface area contributed by atoms with Crippen LogP contribution in [0.2, 0.25) is 5.02 Å². The van der Waals surface area contributed by atoms with Crippen LogP contribution in [-0.2, 0) is 6.54 Å². The third-order valence-electron chi connectivity index (χ3n) is 2.78. The van der Waals surface area contributed by atoms with Gasteiger partial charge in [0.1, 0.15) is 0 Å². The lowest BCUT2D eigenvalue weighted by molar-refractivity contribution is 0.313. The summed E-state index contributed by atoms with van der Waals surface area (Å²) < 4.78 is 0. The van der Waals surface area contributed by atoms with Gasteiger partial charge >= 0.3 is 0 Å². The van der Waals surface area contributed by atoms with Gasteiger partial charge in [-0.3, -0.25) is 0 Å². The Morgan fingerprint density at radius 2 is 2.20 bits per heavy atom. The Kier molecular flexibility index (Phi) is 3.17. The second kappa shape index (κ2) is 4.42. The fourth-order valence-electron chi connectivity index (χ4n) is 1.79. The van der Waals surface area contributed by atoms with Crippen LogP contribution in [0.1, 0.15) is 18.4 Å². The molecule has 1 aliphatic rings. The molecule has 2 nitrogen and oxygen atoms in total. The lowest BCUT2D eigenvalue weighted by atomic mass is 10.2. The highest BCUT2D eigenvalue weighted by molar-refractivity contribution is 6.31. The van der Waals surface area contributed by atoms with Crippen LogP contribution in [0.5, 0.6) is 0 Å². The van der Waals surface area contributed by atoms with E-state index in [0.717, 1.165) is 28.7 Å². The van der Waals surface area contributed by atoms with E-state index in [4.69, 9.17) is 17.3 Å².